The van der Waals surface area contributed by atoms with Gasteiger partial charge in [0.2, 0.25) is 0 Å². The Kier molecular flexibility index (Phi) is 15.9. The first-order valence-corrected chi connectivity index (χ1v) is 17.3. The molecule has 1 aromatic heterocycles. The summed E-state index contributed by atoms with van der Waals surface area (Å²) >= 11 is 0. The number of pyridine rings is 1. The van der Waals surface area contributed by atoms with Gasteiger partial charge in [0.05, 0.1) is 32.5 Å². The molecule has 49 heavy (non-hydrogen) atoms. The number of rotatable bonds is 19. The Balaban J connectivity index is 1.31. The molecule has 3 aromatic rings. The predicted molar refractivity (Wildman–Crippen MR) is 188 cm³/mol. The second kappa shape index (κ2) is 20.8. The Hall–Kier alpha value is -4.47. The highest BCUT2D eigenvalue weighted by Gasteiger charge is 2.33. The number of benzene rings is 2. The van der Waals surface area contributed by atoms with Crippen LogP contribution in [0.4, 0.5) is 0 Å². The van der Waals surface area contributed by atoms with Crippen molar-refractivity contribution in [3.8, 4) is 11.5 Å². The van der Waals surface area contributed by atoms with E-state index in [1.807, 2.05) is 73.8 Å². The Morgan fingerprint density at radius 1 is 0.898 bits per heavy atom. The first kappa shape index (κ1) is 37.4. The van der Waals surface area contributed by atoms with E-state index in [1.165, 1.54) is 0 Å². The zero-order chi connectivity index (χ0) is 34.7. The zero-order valence-electron chi connectivity index (χ0n) is 28.6. The van der Waals surface area contributed by atoms with E-state index >= 15 is 0 Å². The van der Waals surface area contributed by atoms with Crippen LogP contribution in [0.3, 0.4) is 0 Å². The number of aromatic nitrogens is 1. The molecule has 0 spiro atoms. The summed E-state index contributed by atoms with van der Waals surface area (Å²) < 4.78 is 28.6. The van der Waals surface area contributed by atoms with Gasteiger partial charge in [0.1, 0.15) is 11.5 Å². The summed E-state index contributed by atoms with van der Waals surface area (Å²) in [6.45, 7) is 5.27. The van der Waals surface area contributed by atoms with Crippen LogP contribution in [0.1, 0.15) is 88.0 Å². The van der Waals surface area contributed by atoms with E-state index in [9.17, 15) is 14.7 Å². The summed E-state index contributed by atoms with van der Waals surface area (Å²) in [5, 5.41) is 10.6. The second-order valence-electron chi connectivity index (χ2n) is 11.8. The van der Waals surface area contributed by atoms with Gasteiger partial charge in [0.15, 0.2) is 6.29 Å². The number of phenolic OH excluding ortho intramolecular Hbond substituents is 1. The van der Waals surface area contributed by atoms with Crippen LogP contribution in [-0.4, -0.2) is 54.7 Å². The van der Waals surface area contributed by atoms with Crippen LogP contribution in [0.25, 0.3) is 5.57 Å². The maximum Gasteiger partial charge on any atom is 0.306 e. The van der Waals surface area contributed by atoms with Gasteiger partial charge in [-0.15, -0.1) is 0 Å². The van der Waals surface area contributed by atoms with Crippen molar-refractivity contribution < 1.29 is 38.4 Å². The number of allylic oxidation sites excluding steroid dienone is 3. The van der Waals surface area contributed by atoms with Crippen molar-refractivity contribution in [2.45, 2.75) is 77.6 Å². The number of para-hydroxylation sites is 1. The van der Waals surface area contributed by atoms with Gasteiger partial charge in [0.25, 0.3) is 0 Å². The average molecular weight is 672 g/mol. The van der Waals surface area contributed by atoms with E-state index in [-0.39, 0.29) is 29.7 Å². The molecular formula is C40H49NO8. The van der Waals surface area contributed by atoms with E-state index in [2.05, 4.69) is 11.1 Å². The fraction of sp³-hybridized carbons (Fsp3) is 0.425. The van der Waals surface area contributed by atoms with Crippen molar-refractivity contribution in [3.63, 3.8) is 0 Å². The minimum atomic E-state index is -0.489. The molecule has 1 aliphatic heterocycles. The number of esters is 2. The van der Waals surface area contributed by atoms with Crippen LogP contribution >= 0.6 is 0 Å². The highest BCUT2D eigenvalue weighted by molar-refractivity contribution is 5.79. The van der Waals surface area contributed by atoms with E-state index in [1.54, 1.807) is 25.3 Å². The predicted octanol–water partition coefficient (Wildman–Crippen LogP) is 8.13. The summed E-state index contributed by atoms with van der Waals surface area (Å²) in [4.78, 5) is 27.6. The van der Waals surface area contributed by atoms with Gasteiger partial charge in [0, 0.05) is 48.7 Å². The minimum Gasteiger partial charge on any atom is -0.508 e. The number of carbonyl (C=O) groups excluding carboxylic acids is 2. The largest absolute Gasteiger partial charge is 0.508 e. The van der Waals surface area contributed by atoms with Crippen LogP contribution in [-0.2, 0) is 28.5 Å². The molecule has 0 amide bonds. The summed E-state index contributed by atoms with van der Waals surface area (Å²) in [5.74, 6) is 0.576. The fourth-order valence-electron chi connectivity index (χ4n) is 5.68. The average Bonchev–Trinajstić information content (AvgIpc) is 3.11. The molecule has 2 heterocycles. The first-order valence-electron chi connectivity index (χ1n) is 17.3. The molecule has 0 aliphatic carbocycles. The Bertz CT molecular complexity index is 1490. The normalized spacial score (nSPS) is 17.9. The molecule has 262 valence electrons. The highest BCUT2D eigenvalue weighted by atomic mass is 16.7. The lowest BCUT2D eigenvalue weighted by atomic mass is 9.91. The minimum absolute atomic E-state index is 0.00325. The van der Waals surface area contributed by atoms with Gasteiger partial charge in [-0.1, -0.05) is 54.6 Å². The van der Waals surface area contributed by atoms with Gasteiger partial charge < -0.3 is 28.8 Å². The van der Waals surface area contributed by atoms with Gasteiger partial charge in [-0.05, 0) is 81.4 Å². The molecule has 1 aliphatic rings. The van der Waals surface area contributed by atoms with Crippen molar-refractivity contribution >= 4 is 17.5 Å². The van der Waals surface area contributed by atoms with Crippen molar-refractivity contribution in [1.29, 1.82) is 0 Å². The third kappa shape index (κ3) is 12.5. The van der Waals surface area contributed by atoms with Gasteiger partial charge >= 0.3 is 11.9 Å². The number of hydrogen-bond donors (Lipinski definition) is 1. The van der Waals surface area contributed by atoms with E-state index in [4.69, 9.17) is 23.7 Å². The molecule has 0 radical (unpaired) electrons. The monoisotopic (exact) mass is 671 g/mol. The van der Waals surface area contributed by atoms with Gasteiger partial charge in [-0.25, -0.2) is 0 Å². The molecule has 9 heteroatoms. The molecule has 1 saturated heterocycles. The Morgan fingerprint density at radius 3 is 2.41 bits per heavy atom. The second-order valence-corrected chi connectivity index (χ2v) is 11.8. The number of nitrogens with zero attached hydrogens (tertiary/aromatic N) is 1. The number of phenols is 1. The number of ether oxygens (including phenoxy) is 5. The SMILES string of the molecule is CCOC(=O)CC/C=C\C[C@@H]1CO[C@H](CCOc2ccc(/C(=C\CCCCC(=O)OCC)c3cccnc3)cc2)O[C@@H]1c1ccccc1O. The third-order valence-corrected chi connectivity index (χ3v) is 8.14. The molecular weight excluding hydrogens is 622 g/mol. The summed E-state index contributed by atoms with van der Waals surface area (Å²) in [5.41, 5.74) is 3.89. The summed E-state index contributed by atoms with van der Waals surface area (Å²) in [6.07, 6.45) is 14.1. The van der Waals surface area contributed by atoms with E-state index in [0.717, 1.165) is 47.3 Å². The summed E-state index contributed by atoms with van der Waals surface area (Å²) in [7, 11) is 0. The molecule has 9 nitrogen and oxygen atoms in total. The Labute approximate surface area is 289 Å². The topological polar surface area (TPSA) is 113 Å². The molecule has 2 aromatic carbocycles. The quantitative estimate of drug-likeness (QED) is 0.0767. The molecule has 3 atom stereocenters. The molecule has 1 fully saturated rings. The molecule has 1 N–H and O–H groups in total. The maximum absolute atomic E-state index is 11.7. The Morgan fingerprint density at radius 2 is 1.67 bits per heavy atom. The lowest BCUT2D eigenvalue weighted by Gasteiger charge is -2.36. The number of carbonyl (C=O) groups is 2. The third-order valence-electron chi connectivity index (χ3n) is 8.14. The van der Waals surface area contributed by atoms with Gasteiger partial charge in [-0.2, -0.15) is 0 Å². The molecule has 4 rings (SSSR count). The lowest BCUT2D eigenvalue weighted by Crippen LogP contribution is -2.35. The number of hydrogen-bond acceptors (Lipinski definition) is 9. The van der Waals surface area contributed by atoms with Crippen LogP contribution < -0.4 is 4.74 Å². The van der Waals surface area contributed by atoms with Crippen LogP contribution in [0.5, 0.6) is 11.5 Å². The van der Waals surface area contributed by atoms with Crippen molar-refractivity contribution in [1.82, 2.24) is 4.98 Å². The van der Waals surface area contributed by atoms with Crippen molar-refractivity contribution in [2.75, 3.05) is 26.4 Å². The van der Waals surface area contributed by atoms with Crippen LogP contribution in [0.2, 0.25) is 0 Å². The highest BCUT2D eigenvalue weighted by Crippen LogP contribution is 2.39. The smallest absolute Gasteiger partial charge is 0.306 e. The van der Waals surface area contributed by atoms with Crippen molar-refractivity contribution in [3.05, 3.63) is 108 Å². The standard InChI is InChI=1S/C40H49NO8/c1-3-45-37(43)19-9-5-7-14-32-29-48-39(49-40(32)35-17-11-12-18-36(35)42)25-27-47-33-23-21-30(22-24-33)34(31-15-13-26-41-28-31)16-8-6-10-20-38(44)46-4-2/h5,7,11-13,15-18,21-24,26,28,32,39-40,42H,3-4,6,8-10,14,19-20,25,27,29H2,1-2H3/b7-5-,34-16+/t32-,39+,40+/m1/s1. The maximum atomic E-state index is 11.7. The van der Waals surface area contributed by atoms with Crippen LogP contribution in [0.15, 0.2) is 91.3 Å². The summed E-state index contributed by atoms with van der Waals surface area (Å²) in [6, 6.07) is 19.2. The lowest BCUT2D eigenvalue weighted by molar-refractivity contribution is -0.242. The van der Waals surface area contributed by atoms with Gasteiger partial charge in [-0.3, -0.25) is 14.6 Å². The van der Waals surface area contributed by atoms with Crippen LogP contribution in [0, 0.1) is 5.92 Å². The van der Waals surface area contributed by atoms with E-state index in [0.29, 0.717) is 58.5 Å². The molecule has 0 saturated carbocycles. The van der Waals surface area contributed by atoms with Crippen molar-refractivity contribution in [2.24, 2.45) is 5.92 Å². The fourth-order valence-corrected chi connectivity index (χ4v) is 5.68. The molecule has 0 unspecified atom stereocenters. The first-order chi connectivity index (χ1) is 24.0. The number of aromatic hydroxyl groups is 1. The van der Waals surface area contributed by atoms with E-state index < -0.39 is 6.29 Å². The molecule has 0 bridgehead atoms. The zero-order valence-corrected chi connectivity index (χ0v) is 28.6. The number of unbranched alkanes of at least 4 members (excludes halogenated alkanes) is 2.